The lowest BCUT2D eigenvalue weighted by Crippen LogP contribution is -2.53. The van der Waals surface area contributed by atoms with Gasteiger partial charge >= 0.3 is 0 Å². The second kappa shape index (κ2) is 5.45. The van der Waals surface area contributed by atoms with Crippen LogP contribution in [0.25, 0.3) is 0 Å². The predicted molar refractivity (Wildman–Crippen MR) is 72.1 cm³/mol. The molecule has 0 amide bonds. The molecule has 0 bridgehead atoms. The van der Waals surface area contributed by atoms with Gasteiger partial charge in [-0.25, -0.2) is 4.39 Å². The maximum absolute atomic E-state index is 13.3. The van der Waals surface area contributed by atoms with Gasteiger partial charge in [0.25, 0.3) is 0 Å². The van der Waals surface area contributed by atoms with Crippen molar-refractivity contribution in [2.75, 3.05) is 25.4 Å². The standard InChI is InChI=1S/C14H21FN2O2/c1-14(2)9-17(7-13(8-18)19-14)6-10-3-11(15)5-12(16)4-10/h3-5,13,18H,6-9,16H2,1-2H3. The average Bonchev–Trinajstić information content (AvgIpc) is 2.25. The monoisotopic (exact) mass is 268 g/mol. The first kappa shape index (κ1) is 14.2. The number of ether oxygens (including phenoxy) is 1. The molecule has 1 aliphatic heterocycles. The minimum absolute atomic E-state index is 0.00871. The first-order valence-electron chi connectivity index (χ1n) is 6.44. The van der Waals surface area contributed by atoms with Crippen LogP contribution in [0.5, 0.6) is 0 Å². The Hall–Kier alpha value is -1.17. The lowest BCUT2D eigenvalue weighted by molar-refractivity contribution is -0.150. The predicted octanol–water partition coefficient (Wildman–Crippen LogP) is 1.38. The summed E-state index contributed by atoms with van der Waals surface area (Å²) in [5.41, 5.74) is 6.60. The second-order valence-electron chi connectivity index (χ2n) is 5.74. The zero-order valence-corrected chi connectivity index (χ0v) is 11.4. The molecule has 1 heterocycles. The fraction of sp³-hybridized carbons (Fsp3) is 0.571. The molecule has 5 heteroatoms. The molecule has 106 valence electrons. The summed E-state index contributed by atoms with van der Waals surface area (Å²) in [7, 11) is 0. The Kier molecular flexibility index (Phi) is 4.08. The van der Waals surface area contributed by atoms with Crippen LogP contribution < -0.4 is 5.73 Å². The van der Waals surface area contributed by atoms with E-state index in [-0.39, 0.29) is 24.1 Å². The van der Waals surface area contributed by atoms with Crippen LogP contribution in [0.15, 0.2) is 18.2 Å². The minimum atomic E-state index is -0.318. The first-order valence-corrected chi connectivity index (χ1v) is 6.44. The zero-order chi connectivity index (χ0) is 14.0. The number of rotatable bonds is 3. The maximum Gasteiger partial charge on any atom is 0.125 e. The highest BCUT2D eigenvalue weighted by Crippen LogP contribution is 2.23. The van der Waals surface area contributed by atoms with Gasteiger partial charge in [-0.2, -0.15) is 0 Å². The fourth-order valence-electron chi connectivity index (χ4n) is 2.66. The molecular weight excluding hydrogens is 247 g/mol. The molecular formula is C14H21FN2O2. The van der Waals surface area contributed by atoms with Gasteiger partial charge in [0.05, 0.1) is 18.3 Å². The van der Waals surface area contributed by atoms with Gasteiger partial charge < -0.3 is 15.6 Å². The summed E-state index contributed by atoms with van der Waals surface area (Å²) in [6, 6.07) is 4.58. The quantitative estimate of drug-likeness (QED) is 0.813. The molecule has 3 N–H and O–H groups in total. The Morgan fingerprint density at radius 1 is 1.47 bits per heavy atom. The summed E-state index contributed by atoms with van der Waals surface area (Å²) in [5.74, 6) is -0.318. The molecule has 1 atom stereocenters. The lowest BCUT2D eigenvalue weighted by atomic mass is 10.0. The number of aliphatic hydroxyl groups is 1. The summed E-state index contributed by atoms with van der Waals surface area (Å²) >= 11 is 0. The second-order valence-corrected chi connectivity index (χ2v) is 5.74. The van der Waals surface area contributed by atoms with E-state index in [0.29, 0.717) is 18.8 Å². The van der Waals surface area contributed by atoms with E-state index in [9.17, 15) is 9.50 Å². The van der Waals surface area contributed by atoms with Gasteiger partial charge in [0.15, 0.2) is 0 Å². The van der Waals surface area contributed by atoms with Crippen LogP contribution in [0.3, 0.4) is 0 Å². The normalized spacial score (nSPS) is 23.5. The van der Waals surface area contributed by atoms with Gasteiger partial charge in [-0.15, -0.1) is 0 Å². The van der Waals surface area contributed by atoms with Gasteiger partial charge in [0.2, 0.25) is 0 Å². The maximum atomic E-state index is 13.3. The van der Waals surface area contributed by atoms with Crippen LogP contribution in [-0.2, 0) is 11.3 Å². The summed E-state index contributed by atoms with van der Waals surface area (Å²) in [6.07, 6.45) is -0.199. The number of hydrogen-bond acceptors (Lipinski definition) is 4. The molecule has 0 saturated carbocycles. The van der Waals surface area contributed by atoms with Gasteiger partial charge in [0, 0.05) is 25.3 Å². The van der Waals surface area contributed by atoms with Crippen LogP contribution in [0.2, 0.25) is 0 Å². The Morgan fingerprint density at radius 2 is 2.21 bits per heavy atom. The van der Waals surface area contributed by atoms with Crippen LogP contribution in [0.4, 0.5) is 10.1 Å². The first-order chi connectivity index (χ1) is 8.88. The number of nitrogens with zero attached hydrogens (tertiary/aromatic N) is 1. The van der Waals surface area contributed by atoms with E-state index in [0.717, 1.165) is 12.1 Å². The molecule has 0 aromatic heterocycles. The van der Waals surface area contributed by atoms with Gasteiger partial charge in [-0.05, 0) is 37.6 Å². The highest BCUT2D eigenvalue weighted by Gasteiger charge is 2.32. The van der Waals surface area contributed by atoms with Crippen molar-refractivity contribution in [3.05, 3.63) is 29.6 Å². The highest BCUT2D eigenvalue weighted by molar-refractivity contribution is 5.41. The average molecular weight is 268 g/mol. The fourth-order valence-corrected chi connectivity index (χ4v) is 2.66. The SMILES string of the molecule is CC1(C)CN(Cc2cc(N)cc(F)c2)CC(CO)O1. The van der Waals surface area contributed by atoms with Crippen molar-refractivity contribution >= 4 is 5.69 Å². The number of morpholine rings is 1. The summed E-state index contributed by atoms with van der Waals surface area (Å²) in [5, 5.41) is 9.26. The van der Waals surface area contributed by atoms with Crippen molar-refractivity contribution < 1.29 is 14.2 Å². The molecule has 2 rings (SSSR count). The van der Waals surface area contributed by atoms with E-state index in [1.807, 2.05) is 13.8 Å². The van der Waals surface area contributed by atoms with Crippen molar-refractivity contribution in [3.63, 3.8) is 0 Å². The van der Waals surface area contributed by atoms with Gasteiger partial charge in [-0.3, -0.25) is 4.90 Å². The lowest BCUT2D eigenvalue weighted by Gasteiger charge is -2.42. The topological polar surface area (TPSA) is 58.7 Å². The van der Waals surface area contributed by atoms with Crippen LogP contribution >= 0.6 is 0 Å². The molecule has 1 unspecified atom stereocenters. The number of aliphatic hydroxyl groups excluding tert-OH is 1. The van der Waals surface area contributed by atoms with E-state index < -0.39 is 0 Å². The molecule has 1 fully saturated rings. The Morgan fingerprint density at radius 3 is 2.84 bits per heavy atom. The molecule has 1 saturated heterocycles. The van der Waals surface area contributed by atoms with Crippen LogP contribution in [0.1, 0.15) is 19.4 Å². The third-order valence-electron chi connectivity index (χ3n) is 3.14. The molecule has 0 radical (unpaired) electrons. The molecule has 1 aliphatic rings. The third kappa shape index (κ3) is 3.89. The molecule has 0 aliphatic carbocycles. The summed E-state index contributed by atoms with van der Waals surface area (Å²) in [4.78, 5) is 2.15. The van der Waals surface area contributed by atoms with Gasteiger partial charge in [-0.1, -0.05) is 0 Å². The van der Waals surface area contributed by atoms with Crippen LogP contribution in [-0.4, -0.2) is 41.4 Å². The molecule has 1 aromatic carbocycles. The van der Waals surface area contributed by atoms with E-state index in [2.05, 4.69) is 4.90 Å². The highest BCUT2D eigenvalue weighted by atomic mass is 19.1. The summed E-state index contributed by atoms with van der Waals surface area (Å²) < 4.78 is 19.1. The van der Waals surface area contributed by atoms with E-state index in [1.165, 1.54) is 12.1 Å². The molecule has 0 spiro atoms. The smallest absolute Gasteiger partial charge is 0.125 e. The third-order valence-corrected chi connectivity index (χ3v) is 3.14. The number of nitrogen functional groups attached to an aromatic ring is 1. The van der Waals surface area contributed by atoms with Crippen molar-refractivity contribution in [3.8, 4) is 0 Å². The number of halogens is 1. The number of hydrogen-bond donors (Lipinski definition) is 2. The van der Waals surface area contributed by atoms with E-state index >= 15 is 0 Å². The van der Waals surface area contributed by atoms with Crippen molar-refractivity contribution in [1.29, 1.82) is 0 Å². The Labute approximate surface area is 113 Å². The van der Waals surface area contributed by atoms with Crippen molar-refractivity contribution in [2.45, 2.75) is 32.1 Å². The zero-order valence-electron chi connectivity index (χ0n) is 11.4. The Bertz CT molecular complexity index is 431. The number of benzene rings is 1. The van der Waals surface area contributed by atoms with Gasteiger partial charge in [0.1, 0.15) is 5.82 Å². The number of nitrogens with two attached hydrogens (primary N) is 1. The van der Waals surface area contributed by atoms with E-state index in [4.69, 9.17) is 10.5 Å². The molecule has 19 heavy (non-hydrogen) atoms. The van der Waals surface area contributed by atoms with E-state index in [1.54, 1.807) is 6.07 Å². The van der Waals surface area contributed by atoms with Crippen molar-refractivity contribution in [1.82, 2.24) is 4.90 Å². The molecule has 1 aromatic rings. The number of anilines is 1. The van der Waals surface area contributed by atoms with Crippen LogP contribution in [0, 0.1) is 5.82 Å². The Balaban J connectivity index is 2.09. The largest absolute Gasteiger partial charge is 0.399 e. The van der Waals surface area contributed by atoms with Crippen molar-refractivity contribution in [2.24, 2.45) is 0 Å². The summed E-state index contributed by atoms with van der Waals surface area (Å²) in [6.45, 7) is 5.94. The minimum Gasteiger partial charge on any atom is -0.399 e. The molecule has 4 nitrogen and oxygen atoms in total.